The van der Waals surface area contributed by atoms with Crippen molar-refractivity contribution in [2.24, 2.45) is 11.1 Å². The van der Waals surface area contributed by atoms with Gasteiger partial charge in [0.05, 0.1) is 0 Å². The second-order valence-electron chi connectivity index (χ2n) is 12.5. The third kappa shape index (κ3) is 9.72. The fourth-order valence-corrected chi connectivity index (χ4v) is 4.79. The summed E-state index contributed by atoms with van der Waals surface area (Å²) in [6, 6.07) is 13.3. The Balaban J connectivity index is 1.94. The number of aromatic amines is 1. The summed E-state index contributed by atoms with van der Waals surface area (Å²) in [4.78, 5) is 5.65. The SMILES string of the molecule is C=C/C(=C\C(=C/C)C(=C)/C=C(Cc1cc2c(-c3cc(F)cc(NCCN(C)C)c3)cccc2[nH]1)\C(N)=C/C)NC(=C)C(C)(C)C. The van der Waals surface area contributed by atoms with E-state index in [0.717, 1.165) is 74.6 Å². The Labute approximate surface area is 269 Å². The molecule has 1 heterocycles. The predicted molar refractivity (Wildman–Crippen MR) is 193 cm³/mol. The number of hydrogen-bond acceptors (Lipinski definition) is 4. The predicted octanol–water partition coefficient (Wildman–Crippen LogP) is 9.00. The lowest BCUT2D eigenvalue weighted by Gasteiger charge is -2.24. The molecule has 45 heavy (non-hydrogen) atoms. The molecule has 0 unspecified atom stereocenters. The van der Waals surface area contributed by atoms with Crippen LogP contribution in [0, 0.1) is 11.2 Å². The minimum Gasteiger partial charge on any atom is -0.399 e. The Morgan fingerprint density at radius 2 is 1.78 bits per heavy atom. The standard InChI is InChI=1S/C39H50FN5/c1-11-28(21-32(12-2)43-27(5)39(6,7)8)26(4)19-30(37(41)13-3)23-34-25-36-35(15-14-16-38(36)44-34)29-20-31(40)24-33(22-29)42-17-18-45(9)10/h11-16,19-22,24-25,42-44H,2,4-5,17-18,23,41H2,1,3,6-10H3/b28-11+,30-19-,32-21+,37-13+. The van der Waals surface area contributed by atoms with Crippen molar-refractivity contribution >= 4 is 16.6 Å². The molecule has 0 atom stereocenters. The van der Waals surface area contributed by atoms with Crippen LogP contribution in [0.2, 0.25) is 0 Å². The number of hydrogen-bond donors (Lipinski definition) is 4. The number of H-pyrrole nitrogens is 1. The molecule has 5 N–H and O–H groups in total. The molecule has 0 spiro atoms. The summed E-state index contributed by atoms with van der Waals surface area (Å²) < 4.78 is 14.7. The first-order valence-electron chi connectivity index (χ1n) is 15.3. The number of nitrogens with two attached hydrogens (primary N) is 1. The average Bonchev–Trinajstić information content (AvgIpc) is 3.40. The highest BCUT2D eigenvalue weighted by Gasteiger charge is 2.16. The minimum absolute atomic E-state index is 0.0954. The van der Waals surface area contributed by atoms with E-state index in [9.17, 15) is 4.39 Å². The van der Waals surface area contributed by atoms with Crippen LogP contribution in [-0.4, -0.2) is 37.1 Å². The maximum absolute atomic E-state index is 14.7. The van der Waals surface area contributed by atoms with E-state index in [0.29, 0.717) is 12.1 Å². The van der Waals surface area contributed by atoms with Crippen molar-refractivity contribution in [3.63, 3.8) is 0 Å². The normalized spacial score (nSPS) is 13.4. The lowest BCUT2D eigenvalue weighted by Crippen LogP contribution is -2.22. The fourth-order valence-electron chi connectivity index (χ4n) is 4.79. The number of nitrogens with one attached hydrogen (secondary N) is 3. The van der Waals surface area contributed by atoms with Crippen LogP contribution in [0.15, 0.2) is 126 Å². The summed E-state index contributed by atoms with van der Waals surface area (Å²) in [5.41, 5.74) is 16.1. The van der Waals surface area contributed by atoms with Gasteiger partial charge in [-0.3, -0.25) is 0 Å². The smallest absolute Gasteiger partial charge is 0.125 e. The van der Waals surface area contributed by atoms with Crippen molar-refractivity contribution < 1.29 is 4.39 Å². The molecule has 2 aromatic carbocycles. The van der Waals surface area contributed by atoms with Gasteiger partial charge in [-0.25, -0.2) is 4.39 Å². The van der Waals surface area contributed by atoms with Crippen molar-refractivity contribution in [1.82, 2.24) is 15.2 Å². The molecule has 238 valence electrons. The molecule has 3 aromatic rings. The van der Waals surface area contributed by atoms with Gasteiger partial charge in [-0.15, -0.1) is 0 Å². The Hall–Kier alpha value is -4.55. The van der Waals surface area contributed by atoms with Gasteiger partial charge in [0.1, 0.15) is 5.82 Å². The highest BCUT2D eigenvalue weighted by atomic mass is 19.1. The van der Waals surface area contributed by atoms with E-state index in [1.54, 1.807) is 12.1 Å². The van der Waals surface area contributed by atoms with Crippen LogP contribution in [-0.2, 0) is 6.42 Å². The number of benzene rings is 2. The zero-order valence-corrected chi connectivity index (χ0v) is 28.1. The van der Waals surface area contributed by atoms with Gasteiger partial charge in [0, 0.05) is 64.3 Å². The molecule has 0 radical (unpaired) electrons. The molecule has 0 amide bonds. The van der Waals surface area contributed by atoms with Gasteiger partial charge in [0.2, 0.25) is 0 Å². The zero-order chi connectivity index (χ0) is 33.3. The van der Waals surface area contributed by atoms with Gasteiger partial charge >= 0.3 is 0 Å². The van der Waals surface area contributed by atoms with Gasteiger partial charge in [-0.05, 0) is 104 Å². The summed E-state index contributed by atoms with van der Waals surface area (Å²) in [6.07, 6.45) is 10.3. The Kier molecular flexibility index (Phi) is 12.0. The van der Waals surface area contributed by atoms with Crippen LogP contribution < -0.4 is 16.4 Å². The Morgan fingerprint density at radius 3 is 2.40 bits per heavy atom. The summed E-state index contributed by atoms with van der Waals surface area (Å²) in [6.45, 7) is 24.4. The first-order chi connectivity index (χ1) is 21.2. The molecule has 3 rings (SSSR count). The van der Waals surface area contributed by atoms with E-state index in [1.165, 1.54) is 6.07 Å². The van der Waals surface area contributed by atoms with Crippen LogP contribution >= 0.6 is 0 Å². The van der Waals surface area contributed by atoms with Crippen molar-refractivity contribution in [2.45, 2.75) is 41.0 Å². The second-order valence-corrected chi connectivity index (χ2v) is 12.5. The maximum Gasteiger partial charge on any atom is 0.125 e. The number of halogens is 1. The monoisotopic (exact) mass is 607 g/mol. The first kappa shape index (κ1) is 34.9. The molecule has 0 aliphatic carbocycles. The Bertz CT molecular complexity index is 1670. The molecular weight excluding hydrogens is 557 g/mol. The van der Waals surface area contributed by atoms with Crippen LogP contribution in [0.3, 0.4) is 0 Å². The fraction of sp³-hybridized carbons (Fsp3) is 0.282. The van der Waals surface area contributed by atoms with Crippen LogP contribution in [0.5, 0.6) is 0 Å². The molecule has 0 saturated heterocycles. The molecule has 1 aromatic heterocycles. The number of likely N-dealkylation sites (N-methyl/N-ethyl adjacent to an activating group) is 1. The number of anilines is 1. The summed E-state index contributed by atoms with van der Waals surface area (Å²) >= 11 is 0. The number of aromatic nitrogens is 1. The molecule has 5 nitrogen and oxygen atoms in total. The maximum atomic E-state index is 14.7. The number of nitrogens with zero attached hydrogens (tertiary/aromatic N) is 1. The molecule has 0 aliphatic rings. The van der Waals surface area contributed by atoms with E-state index >= 15 is 0 Å². The number of fused-ring (bicyclic) bond motifs is 1. The third-order valence-electron chi connectivity index (χ3n) is 7.64. The minimum atomic E-state index is -0.274. The number of allylic oxidation sites excluding steroid dienone is 9. The van der Waals surface area contributed by atoms with Crippen molar-refractivity contribution in [3.05, 3.63) is 138 Å². The van der Waals surface area contributed by atoms with Gasteiger partial charge in [-0.1, -0.05) is 64.8 Å². The van der Waals surface area contributed by atoms with E-state index in [2.05, 4.69) is 67.1 Å². The zero-order valence-electron chi connectivity index (χ0n) is 28.1. The highest BCUT2D eigenvalue weighted by Crippen LogP contribution is 2.33. The van der Waals surface area contributed by atoms with Crippen LogP contribution in [0.1, 0.15) is 40.3 Å². The van der Waals surface area contributed by atoms with E-state index in [-0.39, 0.29) is 11.2 Å². The second kappa shape index (κ2) is 15.4. The topological polar surface area (TPSA) is 69.1 Å². The number of rotatable bonds is 14. The summed E-state index contributed by atoms with van der Waals surface area (Å²) in [5, 5.41) is 7.75. The van der Waals surface area contributed by atoms with Crippen LogP contribution in [0.4, 0.5) is 10.1 Å². The summed E-state index contributed by atoms with van der Waals surface area (Å²) in [5.74, 6) is -0.274. The molecule has 0 saturated carbocycles. The largest absolute Gasteiger partial charge is 0.399 e. The lowest BCUT2D eigenvalue weighted by molar-refractivity contribution is 0.425. The summed E-state index contributed by atoms with van der Waals surface area (Å²) in [7, 11) is 4.03. The van der Waals surface area contributed by atoms with Gasteiger partial charge in [0.25, 0.3) is 0 Å². The molecule has 0 bridgehead atoms. The van der Waals surface area contributed by atoms with Crippen molar-refractivity contribution in [1.29, 1.82) is 0 Å². The molecule has 0 aliphatic heterocycles. The van der Waals surface area contributed by atoms with Crippen molar-refractivity contribution in [2.75, 3.05) is 32.5 Å². The average molecular weight is 608 g/mol. The van der Waals surface area contributed by atoms with Crippen molar-refractivity contribution in [3.8, 4) is 11.1 Å². The van der Waals surface area contributed by atoms with E-state index in [4.69, 9.17) is 5.73 Å². The third-order valence-corrected chi connectivity index (χ3v) is 7.64. The van der Waals surface area contributed by atoms with Gasteiger partial charge in [0.15, 0.2) is 0 Å². The van der Waals surface area contributed by atoms with Crippen LogP contribution in [0.25, 0.3) is 22.0 Å². The lowest BCUT2D eigenvalue weighted by atomic mass is 9.92. The Morgan fingerprint density at radius 1 is 1.04 bits per heavy atom. The quantitative estimate of drug-likeness (QED) is 0.138. The van der Waals surface area contributed by atoms with E-state index in [1.807, 2.05) is 76.5 Å². The van der Waals surface area contributed by atoms with E-state index < -0.39 is 0 Å². The van der Waals surface area contributed by atoms with Gasteiger partial charge < -0.3 is 26.3 Å². The molecule has 6 heteroatoms. The first-order valence-corrected chi connectivity index (χ1v) is 15.3. The van der Waals surface area contributed by atoms with Gasteiger partial charge in [-0.2, -0.15) is 0 Å². The highest BCUT2D eigenvalue weighted by molar-refractivity contribution is 5.96. The molecular formula is C39H50FN5. The molecule has 0 fully saturated rings.